The highest BCUT2D eigenvalue weighted by atomic mass is 32.2. The van der Waals surface area contributed by atoms with Gasteiger partial charge in [-0.05, 0) is 35.4 Å². The largest absolute Gasteiger partial charge is 0.363 e. The van der Waals surface area contributed by atoms with Gasteiger partial charge in [0.15, 0.2) is 0 Å². The topological polar surface area (TPSA) is 88.0 Å². The second-order valence-electron chi connectivity index (χ2n) is 3.96. The van der Waals surface area contributed by atoms with Gasteiger partial charge in [-0.25, -0.2) is 13.1 Å². The van der Waals surface area contributed by atoms with Gasteiger partial charge in [-0.1, -0.05) is 0 Å². The first-order valence-electron chi connectivity index (χ1n) is 5.44. The van der Waals surface area contributed by atoms with E-state index >= 15 is 0 Å². The second-order valence-corrected chi connectivity index (χ2v) is 6.46. The summed E-state index contributed by atoms with van der Waals surface area (Å²) in [7, 11) is -3.51. The number of aromatic nitrogens is 1. The van der Waals surface area contributed by atoms with Crippen molar-refractivity contribution in [1.29, 1.82) is 0 Å². The van der Waals surface area contributed by atoms with Crippen LogP contribution >= 0.6 is 11.3 Å². The van der Waals surface area contributed by atoms with Gasteiger partial charge in [-0.2, -0.15) is 11.3 Å². The third kappa shape index (κ3) is 2.81. The number of aromatic amines is 1. The standard InChI is InChI=1S/C11H15N3O2S2/c1-8(9-2-3-17-7-9)14-18(15,16)11-4-10(5-12)13-6-11/h2-4,6-8,13-14H,5,12H2,1H3. The maximum absolute atomic E-state index is 12.1. The number of hydrogen-bond donors (Lipinski definition) is 3. The molecule has 0 aromatic carbocycles. The summed E-state index contributed by atoms with van der Waals surface area (Å²) in [6, 6.07) is 3.20. The van der Waals surface area contributed by atoms with E-state index in [0.717, 1.165) is 5.56 Å². The molecule has 1 unspecified atom stereocenters. The molecule has 0 spiro atoms. The molecule has 4 N–H and O–H groups in total. The fourth-order valence-electron chi connectivity index (χ4n) is 1.58. The fourth-order valence-corrected chi connectivity index (χ4v) is 3.59. The van der Waals surface area contributed by atoms with Crippen LogP contribution in [0.4, 0.5) is 0 Å². The van der Waals surface area contributed by atoms with Crippen molar-refractivity contribution < 1.29 is 8.42 Å². The molecule has 0 amide bonds. The van der Waals surface area contributed by atoms with Crippen LogP contribution in [0, 0.1) is 0 Å². The molecule has 5 nitrogen and oxygen atoms in total. The summed E-state index contributed by atoms with van der Waals surface area (Å²) < 4.78 is 26.8. The first-order valence-corrected chi connectivity index (χ1v) is 7.87. The molecule has 0 bridgehead atoms. The van der Waals surface area contributed by atoms with Crippen molar-refractivity contribution in [3.05, 3.63) is 40.3 Å². The Hall–Kier alpha value is -1.15. The normalized spacial score (nSPS) is 13.7. The van der Waals surface area contributed by atoms with Crippen molar-refractivity contribution in [2.45, 2.75) is 24.4 Å². The summed E-state index contributed by atoms with van der Waals surface area (Å²) in [5.74, 6) is 0. The Morgan fingerprint density at radius 1 is 1.56 bits per heavy atom. The third-order valence-electron chi connectivity index (χ3n) is 2.62. The van der Waals surface area contributed by atoms with E-state index in [1.54, 1.807) is 6.07 Å². The van der Waals surface area contributed by atoms with E-state index in [2.05, 4.69) is 9.71 Å². The lowest BCUT2D eigenvalue weighted by Gasteiger charge is -2.11. The predicted molar refractivity (Wildman–Crippen MR) is 71.7 cm³/mol. The second kappa shape index (κ2) is 5.23. The summed E-state index contributed by atoms with van der Waals surface area (Å²) in [6.45, 7) is 2.10. The first-order chi connectivity index (χ1) is 8.53. The zero-order valence-corrected chi connectivity index (χ0v) is 11.5. The number of thiophene rings is 1. The van der Waals surface area contributed by atoms with E-state index in [1.165, 1.54) is 17.5 Å². The van der Waals surface area contributed by atoms with Gasteiger partial charge in [0, 0.05) is 24.5 Å². The molecule has 0 radical (unpaired) electrons. The highest BCUT2D eigenvalue weighted by Crippen LogP contribution is 2.19. The molecule has 0 saturated heterocycles. The SMILES string of the molecule is CC(NS(=O)(=O)c1c[nH]c(CN)c1)c1ccsc1. The zero-order valence-electron chi connectivity index (χ0n) is 9.88. The molecule has 2 rings (SSSR count). The van der Waals surface area contributed by atoms with Crippen molar-refractivity contribution in [2.75, 3.05) is 0 Å². The molecule has 7 heteroatoms. The fraction of sp³-hybridized carbons (Fsp3) is 0.273. The molecular weight excluding hydrogens is 270 g/mol. The average molecular weight is 285 g/mol. The lowest BCUT2D eigenvalue weighted by molar-refractivity contribution is 0.567. The van der Waals surface area contributed by atoms with E-state index in [-0.39, 0.29) is 17.5 Å². The molecule has 2 aromatic heterocycles. The Morgan fingerprint density at radius 3 is 2.89 bits per heavy atom. The van der Waals surface area contributed by atoms with Gasteiger partial charge in [-0.3, -0.25) is 0 Å². The molecule has 0 aliphatic carbocycles. The van der Waals surface area contributed by atoms with Crippen LogP contribution in [-0.2, 0) is 16.6 Å². The van der Waals surface area contributed by atoms with E-state index in [4.69, 9.17) is 5.73 Å². The number of nitrogens with one attached hydrogen (secondary N) is 2. The molecule has 0 fully saturated rings. The van der Waals surface area contributed by atoms with Gasteiger partial charge >= 0.3 is 0 Å². The van der Waals surface area contributed by atoms with Gasteiger partial charge in [0.2, 0.25) is 10.0 Å². The van der Waals surface area contributed by atoms with E-state index < -0.39 is 10.0 Å². The Morgan fingerprint density at radius 2 is 2.33 bits per heavy atom. The monoisotopic (exact) mass is 285 g/mol. The number of rotatable bonds is 5. The number of H-pyrrole nitrogens is 1. The minimum atomic E-state index is -3.51. The van der Waals surface area contributed by atoms with Gasteiger partial charge < -0.3 is 10.7 Å². The zero-order chi connectivity index (χ0) is 13.2. The van der Waals surface area contributed by atoms with Crippen molar-refractivity contribution >= 4 is 21.4 Å². The maximum atomic E-state index is 12.1. The minimum Gasteiger partial charge on any atom is -0.363 e. The van der Waals surface area contributed by atoms with Crippen molar-refractivity contribution in [1.82, 2.24) is 9.71 Å². The van der Waals surface area contributed by atoms with Crippen molar-refractivity contribution in [3.63, 3.8) is 0 Å². The summed E-state index contributed by atoms with van der Waals surface area (Å²) in [5.41, 5.74) is 7.09. The minimum absolute atomic E-state index is 0.213. The van der Waals surface area contributed by atoms with Crippen LogP contribution in [0.1, 0.15) is 24.2 Å². The maximum Gasteiger partial charge on any atom is 0.242 e. The molecule has 0 aliphatic rings. The van der Waals surface area contributed by atoms with Crippen LogP contribution in [0.3, 0.4) is 0 Å². The molecule has 0 saturated carbocycles. The van der Waals surface area contributed by atoms with E-state index in [1.807, 2.05) is 23.8 Å². The molecule has 98 valence electrons. The van der Waals surface area contributed by atoms with E-state index in [9.17, 15) is 8.42 Å². The summed E-state index contributed by atoms with van der Waals surface area (Å²) in [5, 5.41) is 3.85. The smallest absolute Gasteiger partial charge is 0.242 e. The molecule has 18 heavy (non-hydrogen) atoms. The van der Waals surface area contributed by atoms with Crippen LogP contribution in [0.5, 0.6) is 0 Å². The number of sulfonamides is 1. The summed E-state index contributed by atoms with van der Waals surface area (Å²) in [6.07, 6.45) is 1.45. The lowest BCUT2D eigenvalue weighted by atomic mass is 10.2. The van der Waals surface area contributed by atoms with E-state index in [0.29, 0.717) is 5.69 Å². The quantitative estimate of drug-likeness (QED) is 0.779. The number of hydrogen-bond acceptors (Lipinski definition) is 4. The Kier molecular flexibility index (Phi) is 3.86. The van der Waals surface area contributed by atoms with Gasteiger partial charge in [-0.15, -0.1) is 0 Å². The summed E-state index contributed by atoms with van der Waals surface area (Å²) in [4.78, 5) is 3.04. The van der Waals surface area contributed by atoms with Gasteiger partial charge in [0.05, 0.1) is 4.90 Å². The van der Waals surface area contributed by atoms with Crippen LogP contribution in [0.15, 0.2) is 34.0 Å². The Balaban J connectivity index is 2.17. The summed E-state index contributed by atoms with van der Waals surface area (Å²) >= 11 is 1.54. The van der Waals surface area contributed by atoms with Crippen LogP contribution in [0.2, 0.25) is 0 Å². The molecule has 2 heterocycles. The lowest BCUT2D eigenvalue weighted by Crippen LogP contribution is -2.26. The van der Waals surface area contributed by atoms with Crippen molar-refractivity contribution in [3.8, 4) is 0 Å². The number of nitrogens with two attached hydrogens (primary N) is 1. The van der Waals surface area contributed by atoms with Crippen LogP contribution < -0.4 is 10.5 Å². The van der Waals surface area contributed by atoms with Gasteiger partial charge in [0.25, 0.3) is 0 Å². The molecule has 2 aromatic rings. The molecular formula is C11H15N3O2S2. The predicted octanol–water partition coefficient (Wildman–Crippen LogP) is 1.57. The van der Waals surface area contributed by atoms with Gasteiger partial charge in [0.1, 0.15) is 0 Å². The first kappa shape index (κ1) is 13.3. The third-order valence-corrected chi connectivity index (χ3v) is 4.84. The highest BCUT2D eigenvalue weighted by Gasteiger charge is 2.19. The van der Waals surface area contributed by atoms with Crippen LogP contribution in [0.25, 0.3) is 0 Å². The van der Waals surface area contributed by atoms with Crippen molar-refractivity contribution in [2.24, 2.45) is 5.73 Å². The molecule has 1 atom stereocenters. The van der Waals surface area contributed by atoms with Crippen LogP contribution in [-0.4, -0.2) is 13.4 Å². The average Bonchev–Trinajstić information content (AvgIpc) is 3.00. The highest BCUT2D eigenvalue weighted by molar-refractivity contribution is 7.89. The Labute approximate surface area is 110 Å². The Bertz CT molecular complexity index is 602. The molecule has 0 aliphatic heterocycles.